The van der Waals surface area contributed by atoms with Gasteiger partial charge in [-0.15, -0.1) is 0 Å². The van der Waals surface area contributed by atoms with Crippen molar-refractivity contribution in [2.24, 2.45) is 11.7 Å². The molecule has 3 aliphatic rings. The number of hydrogen-bond acceptors (Lipinski definition) is 4. The second kappa shape index (κ2) is 6.63. The molecule has 1 saturated heterocycles. The lowest BCUT2D eigenvalue weighted by Gasteiger charge is -2.30. The Morgan fingerprint density at radius 3 is 2.88 bits per heavy atom. The third kappa shape index (κ3) is 2.86. The number of carbonyl (C=O) groups excluding carboxylic acids is 1. The zero-order chi connectivity index (χ0) is 16.5. The summed E-state index contributed by atoms with van der Waals surface area (Å²) in [6.07, 6.45) is 5.91. The summed E-state index contributed by atoms with van der Waals surface area (Å²) in [5.41, 5.74) is 7.25. The Morgan fingerprint density at radius 2 is 2.04 bits per heavy atom. The monoisotopic (exact) mass is 330 g/mol. The van der Waals surface area contributed by atoms with Gasteiger partial charge in [0.1, 0.15) is 13.2 Å². The molecule has 0 spiro atoms. The Hall–Kier alpha value is -1.75. The molecule has 2 fully saturated rings. The van der Waals surface area contributed by atoms with Gasteiger partial charge in [0.25, 0.3) is 0 Å². The molecular formula is C19H26N2O3. The van der Waals surface area contributed by atoms with Gasteiger partial charge in [-0.1, -0.05) is 18.6 Å². The highest BCUT2D eigenvalue weighted by atomic mass is 16.6. The third-order valence-corrected chi connectivity index (χ3v) is 5.68. The van der Waals surface area contributed by atoms with E-state index in [1.165, 1.54) is 0 Å². The molecule has 5 heteroatoms. The molecule has 0 aromatic heterocycles. The van der Waals surface area contributed by atoms with Gasteiger partial charge >= 0.3 is 0 Å². The van der Waals surface area contributed by atoms with Crippen LogP contribution in [0.15, 0.2) is 18.2 Å². The number of amides is 1. The maximum atomic E-state index is 12.9. The van der Waals surface area contributed by atoms with E-state index >= 15 is 0 Å². The Morgan fingerprint density at radius 1 is 1.17 bits per heavy atom. The van der Waals surface area contributed by atoms with Crippen LogP contribution in [0.25, 0.3) is 0 Å². The Bertz CT molecular complexity index is 619. The van der Waals surface area contributed by atoms with E-state index in [1.807, 2.05) is 17.0 Å². The Kier molecular flexibility index (Phi) is 4.35. The molecule has 1 amide bonds. The van der Waals surface area contributed by atoms with Crippen molar-refractivity contribution >= 4 is 5.91 Å². The van der Waals surface area contributed by atoms with Gasteiger partial charge in [-0.3, -0.25) is 4.79 Å². The highest BCUT2D eigenvalue weighted by molar-refractivity contribution is 5.77. The zero-order valence-electron chi connectivity index (χ0n) is 14.1. The van der Waals surface area contributed by atoms with Gasteiger partial charge in [0, 0.05) is 24.6 Å². The van der Waals surface area contributed by atoms with Crippen LogP contribution in [0.2, 0.25) is 0 Å². The minimum absolute atomic E-state index is 0.103. The molecule has 1 aromatic rings. The van der Waals surface area contributed by atoms with Gasteiger partial charge in [0.2, 0.25) is 5.91 Å². The molecule has 4 rings (SSSR count). The van der Waals surface area contributed by atoms with E-state index < -0.39 is 0 Å². The quantitative estimate of drug-likeness (QED) is 0.925. The number of fused-ring (bicyclic) bond motifs is 1. The van der Waals surface area contributed by atoms with Crippen LogP contribution >= 0.6 is 0 Å². The molecule has 1 aliphatic carbocycles. The lowest BCUT2D eigenvalue weighted by atomic mass is 9.98. The van der Waals surface area contributed by atoms with Gasteiger partial charge in [0.05, 0.1) is 6.04 Å². The fraction of sp³-hybridized carbons (Fsp3) is 0.632. The molecule has 130 valence electrons. The maximum absolute atomic E-state index is 12.9. The molecular weight excluding hydrogens is 304 g/mol. The largest absolute Gasteiger partial charge is 0.486 e. The number of ether oxygens (including phenoxy) is 2. The van der Waals surface area contributed by atoms with E-state index in [9.17, 15) is 4.79 Å². The first-order chi connectivity index (χ1) is 11.7. The van der Waals surface area contributed by atoms with Crippen LogP contribution in [0.3, 0.4) is 0 Å². The van der Waals surface area contributed by atoms with Crippen molar-refractivity contribution in [2.75, 3.05) is 19.8 Å². The lowest BCUT2D eigenvalue weighted by Crippen LogP contribution is -2.35. The minimum Gasteiger partial charge on any atom is -0.486 e. The predicted molar refractivity (Wildman–Crippen MR) is 91.1 cm³/mol. The van der Waals surface area contributed by atoms with Crippen LogP contribution in [0.4, 0.5) is 0 Å². The summed E-state index contributed by atoms with van der Waals surface area (Å²) >= 11 is 0. The first kappa shape index (κ1) is 15.8. The fourth-order valence-electron chi connectivity index (χ4n) is 4.41. The molecule has 0 radical (unpaired) electrons. The molecule has 2 aliphatic heterocycles. The van der Waals surface area contributed by atoms with E-state index in [2.05, 4.69) is 6.07 Å². The average molecular weight is 330 g/mol. The number of hydrogen-bond donors (Lipinski definition) is 1. The van der Waals surface area contributed by atoms with Crippen LogP contribution in [-0.4, -0.2) is 36.6 Å². The van der Waals surface area contributed by atoms with Crippen LogP contribution < -0.4 is 15.2 Å². The summed E-state index contributed by atoms with van der Waals surface area (Å²) < 4.78 is 11.6. The molecule has 24 heavy (non-hydrogen) atoms. The normalized spacial score (nSPS) is 29.0. The molecule has 1 saturated carbocycles. The van der Waals surface area contributed by atoms with E-state index in [0.29, 0.717) is 25.6 Å². The van der Waals surface area contributed by atoms with Crippen LogP contribution in [0.5, 0.6) is 11.5 Å². The fourth-order valence-corrected chi connectivity index (χ4v) is 4.41. The van der Waals surface area contributed by atoms with Crippen molar-refractivity contribution in [2.45, 2.75) is 50.6 Å². The molecule has 2 N–H and O–H groups in total. The van der Waals surface area contributed by atoms with E-state index in [-0.39, 0.29) is 18.0 Å². The summed E-state index contributed by atoms with van der Waals surface area (Å²) in [7, 11) is 0. The third-order valence-electron chi connectivity index (χ3n) is 5.68. The van der Waals surface area contributed by atoms with Crippen molar-refractivity contribution in [1.82, 2.24) is 4.90 Å². The SMILES string of the molecule is N[C@@H]1CCC[C@H]1CC(=O)N1CCCC1c1cccc2c1OCCO2. The number of para-hydroxylation sites is 1. The smallest absolute Gasteiger partial charge is 0.223 e. The van der Waals surface area contributed by atoms with Crippen molar-refractivity contribution in [1.29, 1.82) is 0 Å². The van der Waals surface area contributed by atoms with E-state index in [1.54, 1.807) is 0 Å². The standard InChI is InChI=1S/C19H26N2O3/c20-15-6-1-4-13(15)12-18(22)21-9-3-7-16(21)14-5-2-8-17-19(14)24-11-10-23-17/h2,5,8,13,15-16H,1,3-4,6-7,9-12,20H2/t13-,15+,16?/m0/s1. The Balaban J connectivity index is 1.54. The number of benzene rings is 1. The maximum Gasteiger partial charge on any atom is 0.223 e. The van der Waals surface area contributed by atoms with Crippen molar-refractivity contribution in [3.63, 3.8) is 0 Å². The second-order valence-electron chi connectivity index (χ2n) is 7.18. The zero-order valence-corrected chi connectivity index (χ0v) is 14.1. The summed E-state index contributed by atoms with van der Waals surface area (Å²) in [6.45, 7) is 1.99. The van der Waals surface area contributed by atoms with Crippen LogP contribution in [-0.2, 0) is 4.79 Å². The molecule has 2 heterocycles. The molecule has 1 unspecified atom stereocenters. The first-order valence-electron chi connectivity index (χ1n) is 9.17. The van der Waals surface area contributed by atoms with Gasteiger partial charge in [0.15, 0.2) is 11.5 Å². The van der Waals surface area contributed by atoms with E-state index in [4.69, 9.17) is 15.2 Å². The van der Waals surface area contributed by atoms with Crippen molar-refractivity contribution < 1.29 is 14.3 Å². The summed E-state index contributed by atoms with van der Waals surface area (Å²) in [4.78, 5) is 14.9. The van der Waals surface area contributed by atoms with Crippen molar-refractivity contribution in [3.05, 3.63) is 23.8 Å². The van der Waals surface area contributed by atoms with Crippen molar-refractivity contribution in [3.8, 4) is 11.5 Å². The predicted octanol–water partition coefficient (Wildman–Crippen LogP) is 2.64. The lowest BCUT2D eigenvalue weighted by molar-refractivity contribution is -0.133. The number of rotatable bonds is 3. The topological polar surface area (TPSA) is 64.8 Å². The molecule has 5 nitrogen and oxygen atoms in total. The molecule has 0 bridgehead atoms. The number of nitrogens with zero attached hydrogens (tertiary/aromatic N) is 1. The second-order valence-corrected chi connectivity index (χ2v) is 7.18. The first-order valence-corrected chi connectivity index (χ1v) is 9.17. The average Bonchev–Trinajstić information content (AvgIpc) is 3.24. The Labute approximate surface area is 143 Å². The number of likely N-dealkylation sites (tertiary alicyclic amines) is 1. The van der Waals surface area contributed by atoms with Gasteiger partial charge in [-0.05, 0) is 37.7 Å². The number of carbonyl (C=O) groups is 1. The summed E-state index contributed by atoms with van der Waals surface area (Å²) in [5, 5.41) is 0. The highest BCUT2D eigenvalue weighted by Crippen LogP contribution is 2.43. The van der Waals surface area contributed by atoms with E-state index in [0.717, 1.165) is 55.7 Å². The summed E-state index contributed by atoms with van der Waals surface area (Å²) in [5.74, 6) is 2.22. The van der Waals surface area contributed by atoms with Crippen LogP contribution in [0.1, 0.15) is 50.1 Å². The summed E-state index contributed by atoms with van der Waals surface area (Å²) in [6, 6.07) is 6.31. The van der Waals surface area contributed by atoms with Crippen LogP contribution in [0, 0.1) is 5.92 Å². The van der Waals surface area contributed by atoms with Gasteiger partial charge in [-0.25, -0.2) is 0 Å². The highest BCUT2D eigenvalue weighted by Gasteiger charge is 2.35. The number of nitrogens with two attached hydrogens (primary N) is 1. The molecule has 1 aromatic carbocycles. The minimum atomic E-state index is 0.103. The van der Waals surface area contributed by atoms with Gasteiger partial charge in [-0.2, -0.15) is 0 Å². The molecule has 3 atom stereocenters. The van der Waals surface area contributed by atoms with Gasteiger partial charge < -0.3 is 20.1 Å².